The number of aromatic nitrogens is 7. The van der Waals surface area contributed by atoms with Gasteiger partial charge in [0.25, 0.3) is 0 Å². The molecule has 3 heterocycles. The molecule has 3 aromatic heterocycles. The Bertz CT molecular complexity index is 754. The summed E-state index contributed by atoms with van der Waals surface area (Å²) >= 11 is 0. The Labute approximate surface area is 123 Å². The van der Waals surface area contributed by atoms with Crippen molar-refractivity contribution in [3.05, 3.63) is 48.1 Å². The molecule has 0 atom stereocenters. The smallest absolute Gasteiger partial charge is 0.331 e. The van der Waals surface area contributed by atoms with Crippen LogP contribution in [0.3, 0.4) is 0 Å². The van der Waals surface area contributed by atoms with Crippen LogP contribution in [-0.4, -0.2) is 34.3 Å². The number of nitrogens with zero attached hydrogens (tertiary/aromatic N) is 7. The fraction of sp³-hybridized carbons (Fsp3) is 0.333. The average molecular weight is 311 g/mol. The van der Waals surface area contributed by atoms with Gasteiger partial charge in [-0.2, -0.15) is 18.3 Å². The third-order valence-electron chi connectivity index (χ3n) is 3.08. The van der Waals surface area contributed by atoms with Crippen molar-refractivity contribution in [3.8, 4) is 0 Å². The average Bonchev–Trinajstić information content (AvgIpc) is 3.13. The Morgan fingerprint density at radius 2 is 2.05 bits per heavy atom. The minimum Gasteiger partial charge on any atom is -0.331 e. The van der Waals surface area contributed by atoms with Gasteiger partial charge in [-0.3, -0.25) is 4.68 Å². The van der Waals surface area contributed by atoms with E-state index in [1.807, 2.05) is 4.57 Å². The number of hydrogen-bond acceptors (Lipinski definition) is 4. The second kappa shape index (κ2) is 5.28. The van der Waals surface area contributed by atoms with Gasteiger partial charge < -0.3 is 4.57 Å². The molecule has 0 aliphatic carbocycles. The topological polar surface area (TPSA) is 66.3 Å². The lowest BCUT2D eigenvalue weighted by atomic mass is 10.3. The van der Waals surface area contributed by atoms with Gasteiger partial charge in [-0.15, -0.1) is 5.10 Å². The van der Waals surface area contributed by atoms with Crippen molar-refractivity contribution < 1.29 is 13.2 Å². The van der Waals surface area contributed by atoms with Crippen LogP contribution in [0.4, 0.5) is 13.2 Å². The zero-order valence-electron chi connectivity index (χ0n) is 11.6. The molecule has 0 unspecified atom stereocenters. The van der Waals surface area contributed by atoms with Crippen LogP contribution in [0.2, 0.25) is 0 Å². The van der Waals surface area contributed by atoms with E-state index < -0.39 is 11.9 Å². The molecule has 0 spiro atoms. The Morgan fingerprint density at radius 3 is 2.68 bits per heavy atom. The highest BCUT2D eigenvalue weighted by Gasteiger charge is 2.34. The second-order valence-electron chi connectivity index (χ2n) is 4.78. The summed E-state index contributed by atoms with van der Waals surface area (Å²) in [6.07, 6.45) is 2.31. The number of alkyl halides is 3. The molecule has 3 rings (SSSR count). The lowest BCUT2D eigenvalue weighted by Gasteiger charge is -2.00. The van der Waals surface area contributed by atoms with Crippen molar-refractivity contribution in [3.63, 3.8) is 0 Å². The van der Waals surface area contributed by atoms with Gasteiger partial charge in [0.1, 0.15) is 5.69 Å². The van der Waals surface area contributed by atoms with E-state index in [-0.39, 0.29) is 6.54 Å². The Kier molecular flexibility index (Phi) is 3.43. The standard InChI is InChI=1S/C12H12F3N7/c1-20-10(4-11(18-20)12(13,14)15)7-22-6-9(17-19-22)5-21-3-2-16-8-21/h2-4,6,8H,5,7H2,1H3. The fourth-order valence-electron chi connectivity index (χ4n) is 2.01. The van der Waals surface area contributed by atoms with Crippen LogP contribution in [0, 0.1) is 0 Å². The van der Waals surface area contributed by atoms with E-state index in [1.165, 1.54) is 16.4 Å². The highest BCUT2D eigenvalue weighted by Crippen LogP contribution is 2.28. The number of halogens is 3. The van der Waals surface area contributed by atoms with Crippen molar-refractivity contribution in [2.24, 2.45) is 7.05 Å². The van der Waals surface area contributed by atoms with Gasteiger partial charge in [0.2, 0.25) is 0 Å². The molecule has 116 valence electrons. The maximum Gasteiger partial charge on any atom is 0.435 e. The Balaban J connectivity index is 1.74. The van der Waals surface area contributed by atoms with Gasteiger partial charge in [0.05, 0.1) is 31.3 Å². The molecule has 0 bridgehead atoms. The number of aryl methyl sites for hydroxylation is 1. The summed E-state index contributed by atoms with van der Waals surface area (Å²) in [6.45, 7) is 0.662. The predicted octanol–water partition coefficient (Wildman–Crippen LogP) is 1.32. The van der Waals surface area contributed by atoms with Crippen molar-refractivity contribution >= 4 is 0 Å². The lowest BCUT2D eigenvalue weighted by molar-refractivity contribution is -0.141. The summed E-state index contributed by atoms with van der Waals surface area (Å²) in [6, 6.07) is 1.01. The van der Waals surface area contributed by atoms with Crippen LogP contribution in [0.15, 0.2) is 31.0 Å². The van der Waals surface area contributed by atoms with Crippen molar-refractivity contribution in [1.82, 2.24) is 34.3 Å². The van der Waals surface area contributed by atoms with Crippen molar-refractivity contribution in [2.45, 2.75) is 19.3 Å². The summed E-state index contributed by atoms with van der Waals surface area (Å²) in [5.74, 6) is 0. The minimum absolute atomic E-state index is 0.163. The van der Waals surface area contributed by atoms with E-state index in [1.54, 1.807) is 24.9 Å². The van der Waals surface area contributed by atoms with Gasteiger partial charge in [-0.05, 0) is 6.07 Å². The normalized spacial score (nSPS) is 12.0. The van der Waals surface area contributed by atoms with Crippen molar-refractivity contribution in [2.75, 3.05) is 0 Å². The molecule has 0 aromatic carbocycles. The second-order valence-corrected chi connectivity index (χ2v) is 4.78. The molecular formula is C12H12F3N7. The number of imidazole rings is 1. The molecule has 0 N–H and O–H groups in total. The predicted molar refractivity (Wildman–Crippen MR) is 68.7 cm³/mol. The zero-order chi connectivity index (χ0) is 15.7. The first-order chi connectivity index (χ1) is 10.4. The van der Waals surface area contributed by atoms with Crippen LogP contribution >= 0.6 is 0 Å². The van der Waals surface area contributed by atoms with E-state index in [9.17, 15) is 13.2 Å². The molecule has 0 fully saturated rings. The molecular weight excluding hydrogens is 299 g/mol. The molecule has 7 nitrogen and oxygen atoms in total. The monoisotopic (exact) mass is 311 g/mol. The van der Waals surface area contributed by atoms with E-state index in [2.05, 4.69) is 20.4 Å². The molecule has 10 heteroatoms. The zero-order valence-corrected chi connectivity index (χ0v) is 11.6. The minimum atomic E-state index is -4.45. The van der Waals surface area contributed by atoms with E-state index >= 15 is 0 Å². The third kappa shape index (κ3) is 3.00. The summed E-state index contributed by atoms with van der Waals surface area (Å²) in [5, 5.41) is 11.4. The van der Waals surface area contributed by atoms with E-state index in [0.717, 1.165) is 6.07 Å². The van der Waals surface area contributed by atoms with E-state index in [0.29, 0.717) is 17.9 Å². The molecule has 0 aliphatic rings. The summed E-state index contributed by atoms with van der Waals surface area (Å²) in [7, 11) is 1.47. The largest absolute Gasteiger partial charge is 0.435 e. The molecule has 22 heavy (non-hydrogen) atoms. The Morgan fingerprint density at radius 1 is 1.23 bits per heavy atom. The van der Waals surface area contributed by atoms with Gasteiger partial charge in [0.15, 0.2) is 5.69 Å². The van der Waals surface area contributed by atoms with E-state index in [4.69, 9.17) is 0 Å². The van der Waals surface area contributed by atoms with Crippen LogP contribution in [0.1, 0.15) is 17.1 Å². The van der Waals surface area contributed by atoms with Crippen LogP contribution in [-0.2, 0) is 26.3 Å². The quantitative estimate of drug-likeness (QED) is 0.729. The Hall–Kier alpha value is -2.65. The summed E-state index contributed by atoms with van der Waals surface area (Å²) in [4.78, 5) is 3.92. The summed E-state index contributed by atoms with van der Waals surface area (Å²) < 4.78 is 42.3. The number of hydrogen-bond donors (Lipinski definition) is 0. The fourth-order valence-corrected chi connectivity index (χ4v) is 2.01. The van der Waals surface area contributed by atoms with Gasteiger partial charge in [-0.25, -0.2) is 9.67 Å². The first-order valence-corrected chi connectivity index (χ1v) is 6.36. The molecule has 0 saturated heterocycles. The maximum atomic E-state index is 12.6. The molecule has 0 aliphatic heterocycles. The third-order valence-corrected chi connectivity index (χ3v) is 3.08. The molecule has 0 saturated carbocycles. The van der Waals surface area contributed by atoms with Crippen LogP contribution in [0.25, 0.3) is 0 Å². The van der Waals surface area contributed by atoms with Gasteiger partial charge >= 0.3 is 6.18 Å². The van der Waals surface area contributed by atoms with Crippen molar-refractivity contribution in [1.29, 1.82) is 0 Å². The first-order valence-electron chi connectivity index (χ1n) is 6.36. The molecule has 3 aromatic rings. The molecule has 0 amide bonds. The number of rotatable bonds is 4. The highest BCUT2D eigenvalue weighted by atomic mass is 19.4. The summed E-state index contributed by atoms with van der Waals surface area (Å²) in [5.41, 5.74) is 0.173. The SMILES string of the molecule is Cn1nc(C(F)(F)F)cc1Cn1cc(Cn2ccnc2)nn1. The highest BCUT2D eigenvalue weighted by molar-refractivity contribution is 5.13. The lowest BCUT2D eigenvalue weighted by Crippen LogP contribution is -2.07. The molecule has 0 radical (unpaired) electrons. The van der Waals surface area contributed by atoms with Gasteiger partial charge in [-0.1, -0.05) is 5.21 Å². The van der Waals surface area contributed by atoms with Gasteiger partial charge in [0, 0.05) is 19.4 Å². The van der Waals surface area contributed by atoms with Crippen LogP contribution in [0.5, 0.6) is 0 Å². The van der Waals surface area contributed by atoms with Crippen LogP contribution < -0.4 is 0 Å². The first kappa shape index (κ1) is 14.3. The maximum absolute atomic E-state index is 12.6.